The van der Waals surface area contributed by atoms with Gasteiger partial charge in [-0.25, -0.2) is 18.2 Å². The molecule has 0 spiro atoms. The van der Waals surface area contributed by atoms with Crippen LogP contribution in [0.2, 0.25) is 10.0 Å². The zero-order valence-corrected chi connectivity index (χ0v) is 26.7. The van der Waals surface area contributed by atoms with Gasteiger partial charge in [-0.3, -0.25) is 4.79 Å². The topological polar surface area (TPSA) is 123 Å². The summed E-state index contributed by atoms with van der Waals surface area (Å²) in [6.07, 6.45) is 4.44. The summed E-state index contributed by atoms with van der Waals surface area (Å²) < 4.78 is 31.9. The van der Waals surface area contributed by atoms with Crippen LogP contribution in [0, 0.1) is 0 Å². The number of ether oxygens (including phenoxy) is 1. The number of carboxylic acid groups (broad SMARTS) is 1. The first-order valence-electron chi connectivity index (χ1n) is 13.7. The number of anilines is 1. The molecular formula is C33H26Cl2N2O6S2. The number of halogens is 2. The van der Waals surface area contributed by atoms with E-state index in [1.54, 1.807) is 36.4 Å². The number of carbonyl (C=O) groups is 2. The molecule has 0 saturated heterocycles. The molecule has 8 nitrogen and oxygen atoms in total. The molecule has 2 N–H and O–H groups in total. The van der Waals surface area contributed by atoms with Gasteiger partial charge in [0.25, 0.3) is 5.91 Å². The van der Waals surface area contributed by atoms with Crippen molar-refractivity contribution in [3.8, 4) is 5.75 Å². The lowest BCUT2D eigenvalue weighted by Crippen LogP contribution is -2.15. The van der Waals surface area contributed by atoms with Gasteiger partial charge in [-0.15, -0.1) is 11.3 Å². The minimum Gasteiger partial charge on any atom is -0.480 e. The summed E-state index contributed by atoms with van der Waals surface area (Å²) in [4.78, 5) is 29.2. The smallest absolute Gasteiger partial charge is 0.341 e. The number of amides is 1. The number of nitrogens with zero attached hydrogens (tertiary/aromatic N) is 1. The first-order valence-corrected chi connectivity index (χ1v) is 16.9. The van der Waals surface area contributed by atoms with Gasteiger partial charge in [0, 0.05) is 15.6 Å². The van der Waals surface area contributed by atoms with Crippen LogP contribution in [-0.2, 0) is 21.1 Å². The second-order valence-electron chi connectivity index (χ2n) is 9.97. The summed E-state index contributed by atoms with van der Waals surface area (Å²) in [5.41, 5.74) is 2.97. The maximum absolute atomic E-state index is 13.3. The number of benzene rings is 4. The molecular weight excluding hydrogens is 655 g/mol. The third-order valence-corrected chi connectivity index (χ3v) is 9.93. The normalized spacial score (nSPS) is 11.6. The summed E-state index contributed by atoms with van der Waals surface area (Å²) in [5, 5.41) is 13.8. The first kappa shape index (κ1) is 32.2. The number of nitrogens with one attached hydrogen (secondary N) is 1. The average molecular weight is 682 g/mol. The van der Waals surface area contributed by atoms with E-state index >= 15 is 0 Å². The van der Waals surface area contributed by atoms with E-state index < -0.39 is 28.3 Å². The molecule has 0 bridgehead atoms. The SMILES string of the molecule is O=C(O)COc1ccc(CCCS(=O)(=O)c2ccc(Cl)cc2)cc1NC(=O)c1cccc(C=Cc2nc3cc(Cl)ccc3s2)c1. The lowest BCUT2D eigenvalue weighted by molar-refractivity contribution is -0.139. The van der Waals surface area contributed by atoms with Crippen LogP contribution in [0.15, 0.2) is 89.8 Å². The maximum atomic E-state index is 13.3. The number of rotatable bonds is 12. The van der Waals surface area contributed by atoms with E-state index in [0.717, 1.165) is 26.4 Å². The quantitative estimate of drug-likeness (QED) is 0.137. The predicted octanol–water partition coefficient (Wildman–Crippen LogP) is 7.90. The molecule has 0 radical (unpaired) electrons. The van der Waals surface area contributed by atoms with E-state index in [1.165, 1.54) is 35.6 Å². The van der Waals surface area contributed by atoms with Crippen molar-refractivity contribution in [3.05, 3.63) is 117 Å². The third-order valence-electron chi connectivity index (χ3n) is 6.63. The average Bonchev–Trinajstić information content (AvgIpc) is 3.42. The minimum atomic E-state index is -3.51. The largest absolute Gasteiger partial charge is 0.480 e. The maximum Gasteiger partial charge on any atom is 0.341 e. The molecule has 4 aromatic carbocycles. The Morgan fingerprint density at radius 2 is 1.71 bits per heavy atom. The molecule has 0 saturated carbocycles. The van der Waals surface area contributed by atoms with Gasteiger partial charge in [0.1, 0.15) is 10.8 Å². The summed E-state index contributed by atoms with van der Waals surface area (Å²) in [7, 11) is -3.51. The Kier molecular flexibility index (Phi) is 10.2. The molecule has 230 valence electrons. The number of aromatic nitrogens is 1. The fourth-order valence-corrected chi connectivity index (χ4v) is 6.91. The van der Waals surface area contributed by atoms with Crippen molar-refractivity contribution in [2.45, 2.75) is 17.7 Å². The van der Waals surface area contributed by atoms with Crippen molar-refractivity contribution in [3.63, 3.8) is 0 Å². The van der Waals surface area contributed by atoms with E-state index in [0.29, 0.717) is 28.5 Å². The molecule has 0 aliphatic rings. The van der Waals surface area contributed by atoms with Crippen molar-refractivity contribution in [1.29, 1.82) is 0 Å². The highest BCUT2D eigenvalue weighted by Crippen LogP contribution is 2.29. The highest BCUT2D eigenvalue weighted by molar-refractivity contribution is 7.91. The Morgan fingerprint density at radius 1 is 0.933 bits per heavy atom. The highest BCUT2D eigenvalue weighted by atomic mass is 35.5. The molecule has 0 aliphatic carbocycles. The summed E-state index contributed by atoms with van der Waals surface area (Å²) in [6, 6.07) is 23.5. The van der Waals surface area contributed by atoms with Crippen LogP contribution in [0.25, 0.3) is 22.4 Å². The van der Waals surface area contributed by atoms with Crippen LogP contribution in [0.3, 0.4) is 0 Å². The van der Waals surface area contributed by atoms with Gasteiger partial charge in [-0.2, -0.15) is 0 Å². The molecule has 5 rings (SSSR count). The summed E-state index contributed by atoms with van der Waals surface area (Å²) >= 11 is 13.5. The van der Waals surface area contributed by atoms with Crippen molar-refractivity contribution < 1.29 is 27.9 Å². The van der Waals surface area contributed by atoms with Crippen LogP contribution in [0.1, 0.15) is 32.9 Å². The number of aliphatic carboxylic acids is 1. The van der Waals surface area contributed by atoms with Crippen molar-refractivity contribution in [2.24, 2.45) is 0 Å². The summed E-state index contributed by atoms with van der Waals surface area (Å²) in [6.45, 7) is -0.597. The number of thiazole rings is 1. The first-order chi connectivity index (χ1) is 21.6. The van der Waals surface area contributed by atoms with E-state index in [-0.39, 0.29) is 22.1 Å². The van der Waals surface area contributed by atoms with Crippen LogP contribution >= 0.6 is 34.5 Å². The van der Waals surface area contributed by atoms with E-state index in [1.807, 2.05) is 36.4 Å². The molecule has 1 heterocycles. The number of carboxylic acids is 1. The molecule has 12 heteroatoms. The van der Waals surface area contributed by atoms with Gasteiger partial charge in [0.2, 0.25) is 0 Å². The van der Waals surface area contributed by atoms with Crippen LogP contribution in [0.4, 0.5) is 5.69 Å². The highest BCUT2D eigenvalue weighted by Gasteiger charge is 2.16. The molecule has 1 aromatic heterocycles. The van der Waals surface area contributed by atoms with Gasteiger partial charge in [-0.1, -0.05) is 47.5 Å². The van der Waals surface area contributed by atoms with Crippen molar-refractivity contribution in [2.75, 3.05) is 17.7 Å². The molecule has 45 heavy (non-hydrogen) atoms. The summed E-state index contributed by atoms with van der Waals surface area (Å²) in [5.74, 6) is -1.50. The zero-order valence-electron chi connectivity index (χ0n) is 23.6. The van der Waals surface area contributed by atoms with Gasteiger partial charge in [-0.05, 0) is 96.8 Å². The minimum absolute atomic E-state index is 0.0847. The Hall–Kier alpha value is -4.22. The lowest BCUT2D eigenvalue weighted by atomic mass is 10.1. The van der Waals surface area contributed by atoms with Crippen LogP contribution < -0.4 is 10.1 Å². The second kappa shape index (κ2) is 14.3. The van der Waals surface area contributed by atoms with E-state index in [2.05, 4.69) is 10.3 Å². The Bertz CT molecular complexity index is 2010. The number of hydrogen-bond donors (Lipinski definition) is 2. The zero-order chi connectivity index (χ0) is 32.0. The molecule has 0 fully saturated rings. The number of hydrogen-bond acceptors (Lipinski definition) is 7. The number of carbonyl (C=O) groups excluding carboxylic acids is 1. The second-order valence-corrected chi connectivity index (χ2v) is 14.0. The Balaban J connectivity index is 1.29. The van der Waals surface area contributed by atoms with Crippen molar-refractivity contribution in [1.82, 2.24) is 4.98 Å². The number of aryl methyl sites for hydroxylation is 1. The van der Waals surface area contributed by atoms with E-state index in [9.17, 15) is 18.0 Å². The Labute approximate surface area is 273 Å². The standard InChI is InChI=1S/C33H26Cl2N2O6S2/c34-24-8-11-26(12-9-24)45(41,42)16-2-4-22-6-13-29(43-20-32(38)39)27(18-22)37-33(40)23-5-1-3-21(17-23)7-15-31-36-28-19-25(35)10-14-30(28)44-31/h1,3,5-15,17-19H,2,4,16,20H2,(H,37,40)(H,38,39). The molecule has 0 unspecified atom stereocenters. The molecule has 0 atom stereocenters. The number of sulfone groups is 1. The molecule has 1 amide bonds. The van der Waals surface area contributed by atoms with Gasteiger partial charge in [0.15, 0.2) is 16.4 Å². The van der Waals surface area contributed by atoms with Crippen LogP contribution in [0.5, 0.6) is 5.75 Å². The van der Waals surface area contributed by atoms with Crippen molar-refractivity contribution >= 4 is 84.3 Å². The fraction of sp³-hybridized carbons (Fsp3) is 0.121. The monoisotopic (exact) mass is 680 g/mol. The Morgan fingerprint density at radius 3 is 2.49 bits per heavy atom. The van der Waals surface area contributed by atoms with Gasteiger partial charge < -0.3 is 15.2 Å². The van der Waals surface area contributed by atoms with Gasteiger partial charge >= 0.3 is 5.97 Å². The van der Waals surface area contributed by atoms with Crippen LogP contribution in [-0.4, -0.2) is 42.7 Å². The molecule has 0 aliphatic heterocycles. The fourth-order valence-electron chi connectivity index (χ4n) is 4.46. The molecule has 5 aromatic rings. The van der Waals surface area contributed by atoms with E-state index in [4.69, 9.17) is 33.0 Å². The van der Waals surface area contributed by atoms with Gasteiger partial charge in [0.05, 0.1) is 26.6 Å². The number of fused-ring (bicyclic) bond motifs is 1. The lowest BCUT2D eigenvalue weighted by Gasteiger charge is -2.14. The predicted molar refractivity (Wildman–Crippen MR) is 179 cm³/mol. The third kappa shape index (κ3) is 8.70.